The number of nitrogen functional groups attached to an aromatic ring is 1. The lowest BCUT2D eigenvalue weighted by Crippen LogP contribution is -2.13. The zero-order valence-corrected chi connectivity index (χ0v) is 9.68. The lowest BCUT2D eigenvalue weighted by Gasteiger charge is -2.04. The summed E-state index contributed by atoms with van der Waals surface area (Å²) in [5.74, 6) is -0.595. The normalized spacial score (nSPS) is 10.4. The highest BCUT2D eigenvalue weighted by Crippen LogP contribution is 2.26. The Morgan fingerprint density at radius 2 is 2.29 bits per heavy atom. The van der Waals surface area contributed by atoms with Crippen LogP contribution in [0.5, 0.6) is 0 Å². The van der Waals surface area contributed by atoms with Gasteiger partial charge in [-0.05, 0) is 28.3 Å². The van der Waals surface area contributed by atoms with E-state index in [0.717, 1.165) is 11.8 Å². The second kappa shape index (κ2) is 4.37. The van der Waals surface area contributed by atoms with E-state index in [1.807, 2.05) is 0 Å². The number of primary amides is 1. The number of nitrogens with two attached hydrogens (primary N) is 2. The number of pyridine rings is 1. The van der Waals surface area contributed by atoms with E-state index in [-0.39, 0.29) is 5.56 Å². The second-order valence-electron chi connectivity index (χ2n) is 3.17. The molecule has 0 saturated heterocycles. The molecule has 0 fully saturated rings. The smallest absolute Gasteiger partial charge is 0.251 e. The van der Waals surface area contributed by atoms with Gasteiger partial charge in [0.1, 0.15) is 5.03 Å². The maximum atomic E-state index is 11.2. The van der Waals surface area contributed by atoms with Crippen molar-refractivity contribution in [2.75, 3.05) is 5.73 Å². The molecule has 0 aromatic carbocycles. The summed E-state index contributed by atoms with van der Waals surface area (Å²) in [5.41, 5.74) is 11.4. The zero-order chi connectivity index (χ0) is 12.4. The molecule has 2 rings (SSSR count). The third-order valence-electron chi connectivity index (χ3n) is 1.91. The number of amides is 1. The highest BCUT2D eigenvalue weighted by atomic mass is 32.2. The van der Waals surface area contributed by atoms with Gasteiger partial charge in [0.05, 0.1) is 17.4 Å². The van der Waals surface area contributed by atoms with Gasteiger partial charge < -0.3 is 11.5 Å². The minimum absolute atomic E-state index is 0.248. The van der Waals surface area contributed by atoms with E-state index in [0.29, 0.717) is 15.9 Å². The van der Waals surface area contributed by atoms with Crippen LogP contribution in [0, 0.1) is 0 Å². The van der Waals surface area contributed by atoms with Crippen LogP contribution in [-0.2, 0) is 7.05 Å². The van der Waals surface area contributed by atoms with E-state index in [1.54, 1.807) is 7.05 Å². The molecule has 0 unspecified atom stereocenters. The fraction of sp³-hybridized carbons (Fsp3) is 0.125. The molecule has 0 spiro atoms. The Hall–Kier alpha value is -2.16. The number of rotatable bonds is 3. The SMILES string of the molecule is Cn1nnnc1Sc1ncc(N)cc1C(N)=O. The molecule has 2 aromatic heterocycles. The van der Waals surface area contributed by atoms with Crippen LogP contribution >= 0.6 is 11.8 Å². The minimum Gasteiger partial charge on any atom is -0.397 e. The summed E-state index contributed by atoms with van der Waals surface area (Å²) >= 11 is 1.14. The van der Waals surface area contributed by atoms with E-state index in [1.165, 1.54) is 16.9 Å². The predicted octanol–water partition coefficient (Wildman–Crippen LogP) is -0.563. The van der Waals surface area contributed by atoms with Crippen LogP contribution in [0.4, 0.5) is 5.69 Å². The summed E-state index contributed by atoms with van der Waals surface area (Å²) in [7, 11) is 1.68. The van der Waals surface area contributed by atoms with Gasteiger partial charge in [-0.25, -0.2) is 9.67 Å². The van der Waals surface area contributed by atoms with Crippen LogP contribution in [0.1, 0.15) is 10.4 Å². The molecule has 2 aromatic rings. The molecule has 0 atom stereocenters. The molecule has 0 aliphatic rings. The van der Waals surface area contributed by atoms with Crippen LogP contribution in [0.3, 0.4) is 0 Å². The molecule has 0 radical (unpaired) electrons. The number of anilines is 1. The number of nitrogens with zero attached hydrogens (tertiary/aromatic N) is 5. The van der Waals surface area contributed by atoms with Gasteiger partial charge in [-0.15, -0.1) is 5.10 Å². The quantitative estimate of drug-likeness (QED) is 0.748. The van der Waals surface area contributed by atoms with Gasteiger partial charge in [0.2, 0.25) is 5.16 Å². The third-order valence-corrected chi connectivity index (χ3v) is 2.95. The largest absolute Gasteiger partial charge is 0.397 e. The van der Waals surface area contributed by atoms with Crippen LogP contribution in [0.15, 0.2) is 22.4 Å². The maximum Gasteiger partial charge on any atom is 0.251 e. The highest BCUT2D eigenvalue weighted by molar-refractivity contribution is 7.99. The van der Waals surface area contributed by atoms with Crippen molar-refractivity contribution in [1.29, 1.82) is 0 Å². The van der Waals surface area contributed by atoms with Gasteiger partial charge >= 0.3 is 0 Å². The Labute approximate surface area is 100 Å². The summed E-state index contributed by atoms with van der Waals surface area (Å²) < 4.78 is 1.47. The Balaban J connectivity index is 2.39. The molecule has 1 amide bonds. The number of carbonyl (C=O) groups is 1. The van der Waals surface area contributed by atoms with Crippen molar-refractivity contribution < 1.29 is 4.79 Å². The summed E-state index contributed by atoms with van der Waals surface area (Å²) in [4.78, 5) is 15.3. The van der Waals surface area contributed by atoms with Crippen molar-refractivity contribution in [3.05, 3.63) is 17.8 Å². The highest BCUT2D eigenvalue weighted by Gasteiger charge is 2.14. The average molecular weight is 251 g/mol. The summed E-state index contributed by atoms with van der Waals surface area (Å²) in [5, 5.41) is 11.9. The van der Waals surface area contributed by atoms with Gasteiger partial charge in [0.25, 0.3) is 5.91 Å². The fourth-order valence-electron chi connectivity index (χ4n) is 1.12. The molecule has 0 bridgehead atoms. The molecule has 0 aliphatic heterocycles. The van der Waals surface area contributed by atoms with Crippen molar-refractivity contribution in [3.8, 4) is 0 Å². The van der Waals surface area contributed by atoms with Gasteiger partial charge in [-0.1, -0.05) is 0 Å². The summed E-state index contributed by atoms with van der Waals surface area (Å²) in [6.45, 7) is 0. The van der Waals surface area contributed by atoms with Crippen molar-refractivity contribution in [3.63, 3.8) is 0 Å². The number of aryl methyl sites for hydroxylation is 1. The maximum absolute atomic E-state index is 11.2. The number of hydrogen-bond donors (Lipinski definition) is 2. The van der Waals surface area contributed by atoms with Crippen molar-refractivity contribution in [1.82, 2.24) is 25.2 Å². The van der Waals surface area contributed by atoms with Crippen LogP contribution in [-0.4, -0.2) is 31.1 Å². The van der Waals surface area contributed by atoms with E-state index in [4.69, 9.17) is 11.5 Å². The van der Waals surface area contributed by atoms with Gasteiger partial charge in [0.15, 0.2) is 0 Å². The zero-order valence-electron chi connectivity index (χ0n) is 8.86. The first-order valence-corrected chi connectivity index (χ1v) is 5.35. The minimum atomic E-state index is -0.595. The Kier molecular flexibility index (Phi) is 2.91. The monoisotopic (exact) mass is 251 g/mol. The Bertz CT molecular complexity index is 567. The van der Waals surface area contributed by atoms with Gasteiger partial charge in [-0.3, -0.25) is 4.79 Å². The van der Waals surface area contributed by atoms with Crippen LogP contribution < -0.4 is 11.5 Å². The molecule has 17 heavy (non-hydrogen) atoms. The molecular formula is C8H9N7OS. The third kappa shape index (κ3) is 2.33. The first kappa shape index (κ1) is 11.3. The number of aromatic nitrogens is 5. The molecule has 0 saturated carbocycles. The molecule has 8 nitrogen and oxygen atoms in total. The molecule has 88 valence electrons. The van der Waals surface area contributed by atoms with Gasteiger partial charge in [-0.2, -0.15) is 0 Å². The molecule has 9 heteroatoms. The topological polar surface area (TPSA) is 126 Å². The number of hydrogen-bond acceptors (Lipinski definition) is 7. The molecular weight excluding hydrogens is 242 g/mol. The fourth-order valence-corrected chi connectivity index (χ4v) is 1.91. The predicted molar refractivity (Wildman–Crippen MR) is 60.1 cm³/mol. The standard InChI is InChI=1S/C8H9N7OS/c1-15-8(12-13-14-15)17-7-5(6(10)16)2-4(9)3-11-7/h2-3H,9H2,1H3,(H2,10,16). The molecule has 4 N–H and O–H groups in total. The van der Waals surface area contributed by atoms with Crippen molar-refractivity contribution in [2.24, 2.45) is 12.8 Å². The van der Waals surface area contributed by atoms with E-state index < -0.39 is 5.91 Å². The van der Waals surface area contributed by atoms with Crippen LogP contribution in [0.2, 0.25) is 0 Å². The lowest BCUT2D eigenvalue weighted by molar-refractivity contribution is 0.0997. The summed E-state index contributed by atoms with van der Waals surface area (Å²) in [6, 6.07) is 1.47. The number of tetrazole rings is 1. The lowest BCUT2D eigenvalue weighted by atomic mass is 10.2. The Morgan fingerprint density at radius 1 is 1.53 bits per heavy atom. The first-order chi connectivity index (χ1) is 8.08. The summed E-state index contributed by atoms with van der Waals surface area (Å²) in [6.07, 6.45) is 1.44. The van der Waals surface area contributed by atoms with E-state index >= 15 is 0 Å². The van der Waals surface area contributed by atoms with Crippen LogP contribution in [0.25, 0.3) is 0 Å². The van der Waals surface area contributed by atoms with Gasteiger partial charge in [0, 0.05) is 7.05 Å². The van der Waals surface area contributed by atoms with E-state index in [2.05, 4.69) is 20.5 Å². The first-order valence-electron chi connectivity index (χ1n) is 4.53. The van der Waals surface area contributed by atoms with E-state index in [9.17, 15) is 4.79 Å². The molecule has 2 heterocycles. The number of carbonyl (C=O) groups excluding carboxylic acids is 1. The average Bonchev–Trinajstić information content (AvgIpc) is 2.67. The Morgan fingerprint density at radius 3 is 2.88 bits per heavy atom. The van der Waals surface area contributed by atoms with Crippen molar-refractivity contribution >= 4 is 23.4 Å². The van der Waals surface area contributed by atoms with Crippen molar-refractivity contribution in [2.45, 2.75) is 10.2 Å². The second-order valence-corrected chi connectivity index (χ2v) is 4.13. The molecule has 0 aliphatic carbocycles.